The van der Waals surface area contributed by atoms with Gasteiger partial charge in [-0.15, -0.1) is 0 Å². The molecular formula is C30H24ClN3O4S2. The Morgan fingerprint density at radius 2 is 1.50 bits per heavy atom. The van der Waals surface area contributed by atoms with Gasteiger partial charge in [-0.05, 0) is 55.8 Å². The minimum Gasteiger partial charge on any atom is -0.325 e. The topological polar surface area (TPSA) is 88.5 Å². The Balaban J connectivity index is 1.40. The van der Waals surface area contributed by atoms with Gasteiger partial charge in [0.2, 0.25) is 17.7 Å². The number of thioether (sulfide) groups is 1. The van der Waals surface area contributed by atoms with Crippen molar-refractivity contribution in [2.24, 2.45) is 5.92 Å². The summed E-state index contributed by atoms with van der Waals surface area (Å²) in [7, 11) is 0. The third-order valence-electron chi connectivity index (χ3n) is 7.21. The van der Waals surface area contributed by atoms with E-state index in [4.69, 9.17) is 11.6 Å². The summed E-state index contributed by atoms with van der Waals surface area (Å²) in [6.07, 6.45) is 0. The second-order valence-corrected chi connectivity index (χ2v) is 12.5. The number of hydrogen-bond donors (Lipinski definition) is 1. The molecule has 2 aliphatic rings. The van der Waals surface area contributed by atoms with Crippen LogP contribution in [-0.2, 0) is 20.9 Å². The van der Waals surface area contributed by atoms with Gasteiger partial charge in [0.15, 0.2) is 0 Å². The van der Waals surface area contributed by atoms with Gasteiger partial charge in [-0.25, -0.2) is 4.90 Å². The standard InChI is InChI=1S/C30H24ClN3O4S2/c1-16-3-11-20(12-4-16)32-22(35)15-33-29-26(40-30(33)38)23(18-7-9-19(31)10-8-18)24-25(39-29)28(37)34(27(24)36)21-13-5-17(2)6-14-21/h3-14,23-25H,15H2,1-2H3,(H,32,35)/t23-,24?,25?/m1/s1. The number of carbonyl (C=O) groups excluding carboxylic acids is 3. The Morgan fingerprint density at radius 3 is 2.15 bits per heavy atom. The molecule has 4 aromatic rings. The van der Waals surface area contributed by atoms with Gasteiger partial charge in [0.05, 0.1) is 16.6 Å². The van der Waals surface area contributed by atoms with Crippen LogP contribution in [0.1, 0.15) is 27.5 Å². The number of halogens is 1. The van der Waals surface area contributed by atoms with Gasteiger partial charge in [0.25, 0.3) is 0 Å². The maximum Gasteiger partial charge on any atom is 0.308 e. The summed E-state index contributed by atoms with van der Waals surface area (Å²) in [4.78, 5) is 55.6. The lowest BCUT2D eigenvalue weighted by atomic mass is 9.83. The average molecular weight is 590 g/mol. The summed E-state index contributed by atoms with van der Waals surface area (Å²) >= 11 is 8.37. The number of thiazole rings is 1. The number of imide groups is 1. The maximum atomic E-state index is 13.9. The lowest BCUT2D eigenvalue weighted by Crippen LogP contribution is -2.33. The summed E-state index contributed by atoms with van der Waals surface area (Å²) in [6, 6.07) is 21.8. The monoisotopic (exact) mass is 589 g/mol. The van der Waals surface area contributed by atoms with Gasteiger partial charge < -0.3 is 5.32 Å². The second-order valence-electron chi connectivity index (χ2n) is 9.98. The number of nitrogens with zero attached hydrogens (tertiary/aromatic N) is 2. The van der Waals surface area contributed by atoms with Crippen LogP contribution in [0.5, 0.6) is 0 Å². The van der Waals surface area contributed by atoms with Crippen LogP contribution in [0.25, 0.3) is 0 Å². The normalized spacial score (nSPS) is 19.9. The molecule has 202 valence electrons. The highest BCUT2D eigenvalue weighted by atomic mass is 35.5. The number of nitrogens with one attached hydrogen (secondary N) is 1. The van der Waals surface area contributed by atoms with Gasteiger partial charge in [0.1, 0.15) is 11.8 Å². The number of anilines is 2. The minimum absolute atomic E-state index is 0.208. The number of rotatable bonds is 5. The molecule has 40 heavy (non-hydrogen) atoms. The van der Waals surface area contributed by atoms with E-state index in [0.717, 1.165) is 28.0 Å². The van der Waals surface area contributed by atoms with E-state index in [1.54, 1.807) is 36.4 Å². The molecule has 3 aromatic carbocycles. The van der Waals surface area contributed by atoms with Crippen molar-refractivity contribution in [3.05, 3.63) is 109 Å². The van der Waals surface area contributed by atoms with E-state index in [1.165, 1.54) is 21.2 Å². The number of amides is 3. The molecule has 1 aromatic heterocycles. The largest absolute Gasteiger partial charge is 0.325 e. The molecule has 3 atom stereocenters. The van der Waals surface area contributed by atoms with Crippen molar-refractivity contribution < 1.29 is 14.4 Å². The molecule has 2 unspecified atom stereocenters. The van der Waals surface area contributed by atoms with E-state index in [1.807, 2.05) is 50.2 Å². The van der Waals surface area contributed by atoms with E-state index in [2.05, 4.69) is 5.32 Å². The van der Waals surface area contributed by atoms with Crippen LogP contribution in [0.2, 0.25) is 5.02 Å². The Hall–Kier alpha value is -3.66. The first-order valence-electron chi connectivity index (χ1n) is 12.7. The van der Waals surface area contributed by atoms with Crippen LogP contribution in [0, 0.1) is 19.8 Å². The summed E-state index contributed by atoms with van der Waals surface area (Å²) in [6.45, 7) is 3.69. The van der Waals surface area contributed by atoms with Gasteiger partial charge in [-0.1, -0.05) is 82.2 Å². The summed E-state index contributed by atoms with van der Waals surface area (Å²) in [5.74, 6) is -2.23. The fourth-order valence-corrected chi connectivity index (χ4v) is 8.11. The number of benzene rings is 3. The van der Waals surface area contributed by atoms with Crippen LogP contribution >= 0.6 is 34.7 Å². The lowest BCUT2D eigenvalue weighted by Gasteiger charge is -2.30. The van der Waals surface area contributed by atoms with Crippen molar-refractivity contribution in [1.29, 1.82) is 0 Å². The number of aromatic nitrogens is 1. The molecular weight excluding hydrogens is 566 g/mol. The Kier molecular flexibility index (Phi) is 6.90. The van der Waals surface area contributed by atoms with E-state index in [-0.39, 0.29) is 29.1 Å². The third kappa shape index (κ3) is 4.68. The van der Waals surface area contributed by atoms with Gasteiger partial charge in [-0.3, -0.25) is 23.7 Å². The van der Waals surface area contributed by atoms with E-state index < -0.39 is 17.1 Å². The molecule has 7 nitrogen and oxygen atoms in total. The molecule has 10 heteroatoms. The first-order chi connectivity index (χ1) is 19.2. The molecule has 0 spiro atoms. The van der Waals surface area contributed by atoms with Crippen LogP contribution < -0.4 is 15.1 Å². The van der Waals surface area contributed by atoms with Gasteiger partial charge in [-0.2, -0.15) is 0 Å². The number of fused-ring (bicyclic) bond motifs is 2. The van der Waals surface area contributed by atoms with Gasteiger partial charge in [0, 0.05) is 21.5 Å². The van der Waals surface area contributed by atoms with Gasteiger partial charge >= 0.3 is 4.87 Å². The molecule has 0 bridgehead atoms. The number of carbonyl (C=O) groups is 3. The van der Waals surface area contributed by atoms with E-state index >= 15 is 0 Å². The quantitative estimate of drug-likeness (QED) is 0.306. The highest BCUT2D eigenvalue weighted by molar-refractivity contribution is 8.00. The molecule has 2 aliphatic heterocycles. The predicted octanol–water partition coefficient (Wildman–Crippen LogP) is 5.61. The zero-order chi connectivity index (χ0) is 28.1. The van der Waals surface area contributed by atoms with Crippen molar-refractivity contribution in [3.8, 4) is 0 Å². The summed E-state index contributed by atoms with van der Waals surface area (Å²) in [5, 5.41) is 3.18. The highest BCUT2D eigenvalue weighted by Gasteiger charge is 2.56. The summed E-state index contributed by atoms with van der Waals surface area (Å²) in [5.41, 5.74) is 4.01. The molecule has 1 fully saturated rings. The summed E-state index contributed by atoms with van der Waals surface area (Å²) < 4.78 is 1.42. The zero-order valence-corrected chi connectivity index (χ0v) is 24.0. The predicted molar refractivity (Wildman–Crippen MR) is 158 cm³/mol. The van der Waals surface area contributed by atoms with Crippen LogP contribution in [0.15, 0.2) is 82.6 Å². The molecule has 0 saturated carbocycles. The number of hydrogen-bond acceptors (Lipinski definition) is 6. The SMILES string of the molecule is Cc1ccc(NC(=O)Cn2c3c(sc2=O)[C@H](c2ccc(Cl)cc2)C2C(=O)N(c4ccc(C)cc4)C(=O)C2S3)cc1. The van der Waals surface area contributed by atoms with E-state index in [0.29, 0.717) is 26.3 Å². The van der Waals surface area contributed by atoms with Crippen LogP contribution in [0.4, 0.5) is 11.4 Å². The Bertz CT molecular complexity index is 1690. The van der Waals surface area contributed by atoms with Crippen molar-refractivity contribution in [1.82, 2.24) is 4.57 Å². The van der Waals surface area contributed by atoms with Crippen LogP contribution in [-0.4, -0.2) is 27.5 Å². The van der Waals surface area contributed by atoms with Crippen molar-refractivity contribution >= 4 is 63.8 Å². The zero-order valence-electron chi connectivity index (χ0n) is 21.6. The smallest absolute Gasteiger partial charge is 0.308 e. The lowest BCUT2D eigenvalue weighted by molar-refractivity contribution is -0.122. The highest BCUT2D eigenvalue weighted by Crippen LogP contribution is 2.53. The molecule has 1 N–H and O–H groups in total. The molecule has 0 radical (unpaired) electrons. The Labute approximate surface area is 243 Å². The third-order valence-corrected chi connectivity index (χ3v) is 10.1. The first kappa shape index (κ1) is 26.6. The molecule has 3 amide bonds. The molecule has 0 aliphatic carbocycles. The fraction of sp³-hybridized carbons (Fsp3) is 0.200. The average Bonchev–Trinajstić information content (AvgIpc) is 3.37. The van der Waals surface area contributed by atoms with Crippen molar-refractivity contribution in [2.75, 3.05) is 10.2 Å². The van der Waals surface area contributed by atoms with E-state index in [9.17, 15) is 19.2 Å². The second kappa shape index (κ2) is 10.4. The first-order valence-corrected chi connectivity index (χ1v) is 14.8. The number of aryl methyl sites for hydroxylation is 2. The minimum atomic E-state index is -0.748. The Morgan fingerprint density at radius 1 is 0.875 bits per heavy atom. The molecule has 3 heterocycles. The molecule has 1 saturated heterocycles. The maximum absolute atomic E-state index is 13.9. The molecule has 6 rings (SSSR count). The van der Waals surface area contributed by atoms with Crippen LogP contribution in [0.3, 0.4) is 0 Å². The van der Waals surface area contributed by atoms with Crippen molar-refractivity contribution in [3.63, 3.8) is 0 Å². The fourth-order valence-electron chi connectivity index (χ4n) is 5.21. The van der Waals surface area contributed by atoms with Crippen molar-refractivity contribution in [2.45, 2.75) is 36.6 Å².